The lowest BCUT2D eigenvalue weighted by Gasteiger charge is -2.60. The fraction of sp³-hybridized carbons (Fsp3) is 0.846. The highest BCUT2D eigenvalue weighted by atomic mass is 16.7. The minimum absolute atomic E-state index is 0.0670. The molecule has 0 aromatic heterocycles. The zero-order valence-electron chi connectivity index (χ0n) is 21.2. The second-order valence-electron chi connectivity index (χ2n) is 11.9. The van der Waals surface area contributed by atoms with Crippen molar-refractivity contribution in [1.29, 1.82) is 0 Å². The standard InChI is InChI=1S/C26H40O10/c1-24(18(30)11-35-23-21(33)20(32)19(31)16(10-27)36-23)7-6-14-13(8-24)4-5-17-25(14,2)9-15(29)22(34)26(17,3)12-28/h8,14-17,19-21,23,27-29,31-33H,4-7,9-12H2,1-3H3/t14-,15+,16+,17+,19+,20-,21+,23+,24+,25+,26+/m0/s1. The summed E-state index contributed by atoms with van der Waals surface area (Å²) in [7, 11) is 0. The Labute approximate surface area is 210 Å². The number of hydrogen-bond donors (Lipinski definition) is 6. The molecule has 0 spiro atoms. The molecule has 1 heterocycles. The molecule has 10 nitrogen and oxygen atoms in total. The average molecular weight is 513 g/mol. The minimum Gasteiger partial charge on any atom is -0.395 e. The van der Waals surface area contributed by atoms with E-state index in [0.29, 0.717) is 32.1 Å². The van der Waals surface area contributed by atoms with Crippen LogP contribution in [0.3, 0.4) is 0 Å². The largest absolute Gasteiger partial charge is 0.395 e. The summed E-state index contributed by atoms with van der Waals surface area (Å²) in [5.41, 5.74) is -1.09. The Morgan fingerprint density at radius 3 is 2.42 bits per heavy atom. The molecule has 0 bridgehead atoms. The van der Waals surface area contributed by atoms with Crippen LogP contribution in [0.5, 0.6) is 0 Å². The van der Waals surface area contributed by atoms with Crippen molar-refractivity contribution in [3.63, 3.8) is 0 Å². The van der Waals surface area contributed by atoms with Crippen LogP contribution in [0.15, 0.2) is 11.6 Å². The third-order valence-electron chi connectivity index (χ3n) is 9.68. The zero-order chi connectivity index (χ0) is 26.6. The SMILES string of the molecule is C[C@]12C[C@@H](O)C(=O)[C@](C)(CO)[C@@H]1CCC1=C[C@](C)(C(=O)CO[C@@H]3O[C@H](CO)[C@@H](O)[C@H](O)[C@H]3O)CC[C@@H]12. The summed E-state index contributed by atoms with van der Waals surface area (Å²) in [6.45, 7) is 4.40. The fourth-order valence-electron chi connectivity index (χ4n) is 7.42. The Morgan fingerprint density at radius 2 is 1.78 bits per heavy atom. The maximum atomic E-state index is 13.3. The van der Waals surface area contributed by atoms with Gasteiger partial charge in [0, 0.05) is 5.41 Å². The van der Waals surface area contributed by atoms with Gasteiger partial charge in [-0.1, -0.05) is 25.5 Å². The highest BCUT2D eigenvalue weighted by molar-refractivity contribution is 5.90. The Kier molecular flexibility index (Phi) is 7.57. The van der Waals surface area contributed by atoms with Gasteiger partial charge in [0.15, 0.2) is 17.9 Å². The molecule has 0 aromatic rings. The van der Waals surface area contributed by atoms with Crippen molar-refractivity contribution in [2.45, 2.75) is 89.7 Å². The van der Waals surface area contributed by atoms with Crippen LogP contribution in [-0.4, -0.2) is 98.8 Å². The van der Waals surface area contributed by atoms with Crippen molar-refractivity contribution in [2.75, 3.05) is 19.8 Å². The van der Waals surface area contributed by atoms with Gasteiger partial charge in [-0.3, -0.25) is 9.59 Å². The van der Waals surface area contributed by atoms with E-state index in [9.17, 15) is 40.2 Å². The number of hydrogen-bond acceptors (Lipinski definition) is 10. The number of carbonyl (C=O) groups is 2. The second-order valence-corrected chi connectivity index (χ2v) is 11.9. The summed E-state index contributed by atoms with van der Waals surface area (Å²) in [4.78, 5) is 26.0. The summed E-state index contributed by atoms with van der Waals surface area (Å²) in [5.74, 6) is -0.502. The number of ketones is 2. The van der Waals surface area contributed by atoms with Crippen LogP contribution in [-0.2, 0) is 19.1 Å². The lowest BCUT2D eigenvalue weighted by molar-refractivity contribution is -0.299. The number of fused-ring (bicyclic) bond motifs is 3. The molecule has 3 fully saturated rings. The number of aliphatic hydroxyl groups excluding tert-OH is 6. The number of rotatable bonds is 6. The minimum atomic E-state index is -1.58. The molecule has 10 heteroatoms. The number of Topliss-reactive ketones (excluding diaryl/α,β-unsaturated/α-hetero) is 2. The predicted molar refractivity (Wildman–Crippen MR) is 125 cm³/mol. The van der Waals surface area contributed by atoms with Gasteiger partial charge in [-0.2, -0.15) is 0 Å². The molecule has 0 aromatic carbocycles. The summed E-state index contributed by atoms with van der Waals surface area (Å²) in [5, 5.41) is 60.1. The molecule has 204 valence electrons. The summed E-state index contributed by atoms with van der Waals surface area (Å²) < 4.78 is 10.8. The van der Waals surface area contributed by atoms with Crippen LogP contribution < -0.4 is 0 Å². The van der Waals surface area contributed by atoms with E-state index in [1.54, 1.807) is 6.92 Å². The molecule has 0 unspecified atom stereocenters. The summed E-state index contributed by atoms with van der Waals surface area (Å²) >= 11 is 0. The monoisotopic (exact) mass is 512 g/mol. The first kappa shape index (κ1) is 27.8. The smallest absolute Gasteiger partial charge is 0.187 e. The van der Waals surface area contributed by atoms with Crippen molar-refractivity contribution < 1.29 is 49.7 Å². The van der Waals surface area contributed by atoms with Crippen molar-refractivity contribution in [2.24, 2.45) is 28.1 Å². The van der Waals surface area contributed by atoms with Gasteiger partial charge < -0.3 is 40.1 Å². The molecule has 4 rings (SSSR count). The molecule has 0 radical (unpaired) electrons. The topological polar surface area (TPSA) is 174 Å². The van der Waals surface area contributed by atoms with Crippen LogP contribution >= 0.6 is 0 Å². The van der Waals surface area contributed by atoms with E-state index >= 15 is 0 Å². The molecule has 6 N–H and O–H groups in total. The van der Waals surface area contributed by atoms with Gasteiger partial charge in [-0.15, -0.1) is 0 Å². The molecule has 1 aliphatic heterocycles. The maximum Gasteiger partial charge on any atom is 0.187 e. The van der Waals surface area contributed by atoms with E-state index in [2.05, 4.69) is 6.92 Å². The van der Waals surface area contributed by atoms with Crippen molar-refractivity contribution >= 4 is 11.6 Å². The Morgan fingerprint density at radius 1 is 1.08 bits per heavy atom. The first-order valence-corrected chi connectivity index (χ1v) is 12.8. The average Bonchev–Trinajstić information content (AvgIpc) is 2.85. The first-order valence-electron chi connectivity index (χ1n) is 12.8. The normalized spacial score (nSPS) is 49.1. The van der Waals surface area contributed by atoms with Crippen molar-refractivity contribution in [1.82, 2.24) is 0 Å². The van der Waals surface area contributed by atoms with E-state index in [0.717, 1.165) is 5.57 Å². The molecule has 0 amide bonds. The van der Waals surface area contributed by atoms with E-state index in [4.69, 9.17) is 9.47 Å². The fourth-order valence-corrected chi connectivity index (χ4v) is 7.42. The van der Waals surface area contributed by atoms with Gasteiger partial charge in [0.1, 0.15) is 37.1 Å². The molecule has 11 atom stereocenters. The lowest BCUT2D eigenvalue weighted by Crippen LogP contribution is -2.61. The van der Waals surface area contributed by atoms with E-state index < -0.39 is 54.2 Å². The van der Waals surface area contributed by atoms with Crippen LogP contribution in [0.25, 0.3) is 0 Å². The molecule has 4 aliphatic rings. The molecule has 36 heavy (non-hydrogen) atoms. The second kappa shape index (κ2) is 9.81. The Bertz CT molecular complexity index is 903. The molecule has 2 saturated carbocycles. The lowest BCUT2D eigenvalue weighted by atomic mass is 9.44. The number of aliphatic hydroxyl groups is 6. The zero-order valence-corrected chi connectivity index (χ0v) is 21.2. The van der Waals surface area contributed by atoms with Crippen molar-refractivity contribution in [3.8, 4) is 0 Å². The molecule has 3 aliphatic carbocycles. The van der Waals surface area contributed by atoms with Gasteiger partial charge in [0.05, 0.1) is 18.6 Å². The van der Waals surface area contributed by atoms with Crippen LogP contribution in [0, 0.1) is 28.1 Å². The predicted octanol–water partition coefficient (Wildman–Crippen LogP) is -0.537. The van der Waals surface area contributed by atoms with E-state index in [-0.39, 0.29) is 42.0 Å². The van der Waals surface area contributed by atoms with E-state index in [1.165, 1.54) is 0 Å². The third-order valence-corrected chi connectivity index (χ3v) is 9.68. The summed E-state index contributed by atoms with van der Waals surface area (Å²) in [6.07, 6.45) is -3.36. The van der Waals surface area contributed by atoms with Gasteiger partial charge in [0.2, 0.25) is 0 Å². The van der Waals surface area contributed by atoms with Crippen LogP contribution in [0.2, 0.25) is 0 Å². The number of allylic oxidation sites excluding steroid dienone is 2. The van der Waals surface area contributed by atoms with Gasteiger partial charge in [0.25, 0.3) is 0 Å². The Balaban J connectivity index is 1.49. The number of ether oxygens (including phenoxy) is 2. The maximum absolute atomic E-state index is 13.3. The third kappa shape index (κ3) is 4.29. The molecular formula is C26H40O10. The quantitative estimate of drug-likeness (QED) is 0.254. The van der Waals surface area contributed by atoms with Crippen LogP contribution in [0.1, 0.15) is 52.9 Å². The Hall–Kier alpha value is -1.24. The highest BCUT2D eigenvalue weighted by Gasteiger charge is 2.61. The van der Waals surface area contributed by atoms with Gasteiger partial charge in [-0.05, 0) is 56.3 Å². The van der Waals surface area contributed by atoms with Gasteiger partial charge >= 0.3 is 0 Å². The highest BCUT2D eigenvalue weighted by Crippen LogP contribution is 2.63. The van der Waals surface area contributed by atoms with Gasteiger partial charge in [-0.25, -0.2) is 0 Å². The first-order chi connectivity index (χ1) is 16.8. The van der Waals surface area contributed by atoms with Crippen LogP contribution in [0.4, 0.5) is 0 Å². The molecular weight excluding hydrogens is 472 g/mol. The summed E-state index contributed by atoms with van der Waals surface area (Å²) in [6, 6.07) is 0. The number of carbonyl (C=O) groups excluding carboxylic acids is 2. The van der Waals surface area contributed by atoms with E-state index in [1.807, 2.05) is 13.0 Å². The molecule has 1 saturated heterocycles. The van der Waals surface area contributed by atoms with Crippen molar-refractivity contribution in [3.05, 3.63) is 11.6 Å².